The van der Waals surface area contributed by atoms with E-state index >= 15 is 0 Å². The molecular weight excluding hydrogens is 248 g/mol. The number of nitrogens with one attached hydrogen (secondary N) is 1. The molecule has 0 spiro atoms. The van der Waals surface area contributed by atoms with Gasteiger partial charge in [0, 0.05) is 12.2 Å². The number of rotatable bonds is 5. The normalized spacial score (nSPS) is 13.4. The number of nitrogens with zero attached hydrogens (tertiary/aromatic N) is 1. The summed E-state index contributed by atoms with van der Waals surface area (Å²) in [5, 5.41) is -0.0270. The molecule has 88 valence electrons. The van der Waals surface area contributed by atoms with Crippen molar-refractivity contribution in [2.75, 3.05) is 0 Å². The molecule has 1 rings (SSSR count). The van der Waals surface area contributed by atoms with E-state index in [2.05, 4.69) is 16.3 Å². The number of hydrogen-bond donors (Lipinski definition) is 1. The van der Waals surface area contributed by atoms with Gasteiger partial charge in [-0.05, 0) is 25.5 Å². The van der Waals surface area contributed by atoms with Gasteiger partial charge in [-0.25, -0.2) is 18.1 Å². The van der Waals surface area contributed by atoms with Crippen LogP contribution in [0.5, 0.6) is 0 Å². The van der Waals surface area contributed by atoms with Gasteiger partial charge in [-0.1, -0.05) is 17.7 Å². The molecule has 1 heterocycles. The maximum absolute atomic E-state index is 11.9. The number of halogens is 1. The van der Waals surface area contributed by atoms with Crippen molar-refractivity contribution in [1.29, 1.82) is 0 Å². The largest absolute Gasteiger partial charge is 0.243 e. The van der Waals surface area contributed by atoms with Gasteiger partial charge in [0.1, 0.15) is 10.0 Å². The Morgan fingerprint density at radius 3 is 2.94 bits per heavy atom. The monoisotopic (exact) mass is 260 g/mol. The zero-order chi connectivity index (χ0) is 12.2. The maximum Gasteiger partial charge on any atom is 0.243 e. The summed E-state index contributed by atoms with van der Waals surface area (Å²) in [6.07, 6.45) is 3.64. The molecule has 0 radical (unpaired) electrons. The quantitative estimate of drug-likeness (QED) is 0.651. The Hall–Kier alpha value is -0.910. The van der Waals surface area contributed by atoms with Gasteiger partial charge in [0.25, 0.3) is 0 Å². The molecule has 4 nitrogen and oxygen atoms in total. The first-order valence-electron chi connectivity index (χ1n) is 4.71. The third-order valence-electron chi connectivity index (χ3n) is 1.89. The van der Waals surface area contributed by atoms with E-state index in [-0.39, 0.29) is 16.1 Å². The van der Waals surface area contributed by atoms with E-state index < -0.39 is 10.0 Å². The van der Waals surface area contributed by atoms with Gasteiger partial charge in [-0.15, -0.1) is 6.58 Å². The van der Waals surface area contributed by atoms with Crippen LogP contribution in [0, 0.1) is 0 Å². The van der Waals surface area contributed by atoms with E-state index in [1.807, 2.05) is 0 Å². The summed E-state index contributed by atoms with van der Waals surface area (Å²) in [6.45, 7) is 5.30. The molecule has 0 amide bonds. The summed E-state index contributed by atoms with van der Waals surface area (Å²) in [7, 11) is -3.60. The minimum absolute atomic E-state index is 0.00687. The predicted molar refractivity (Wildman–Crippen MR) is 63.8 cm³/mol. The number of aromatic nitrogens is 1. The number of hydrogen-bond acceptors (Lipinski definition) is 3. The lowest BCUT2D eigenvalue weighted by molar-refractivity contribution is 0.562. The second kappa shape index (κ2) is 5.43. The highest BCUT2D eigenvalue weighted by Gasteiger charge is 2.19. The van der Waals surface area contributed by atoms with Gasteiger partial charge in [0.15, 0.2) is 0 Å². The number of pyridine rings is 1. The summed E-state index contributed by atoms with van der Waals surface area (Å²) in [4.78, 5) is 3.72. The van der Waals surface area contributed by atoms with Gasteiger partial charge < -0.3 is 0 Å². The average molecular weight is 261 g/mol. The van der Waals surface area contributed by atoms with Gasteiger partial charge in [-0.2, -0.15) is 0 Å². The van der Waals surface area contributed by atoms with Crippen LogP contribution in [0.1, 0.15) is 13.3 Å². The molecule has 0 bridgehead atoms. The van der Waals surface area contributed by atoms with Crippen LogP contribution >= 0.6 is 11.6 Å². The summed E-state index contributed by atoms with van der Waals surface area (Å²) in [5.41, 5.74) is 0. The lowest BCUT2D eigenvalue weighted by Gasteiger charge is -2.12. The third kappa shape index (κ3) is 3.30. The fraction of sp³-hybridized carbons (Fsp3) is 0.300. The Balaban J connectivity index is 2.95. The van der Waals surface area contributed by atoms with Crippen molar-refractivity contribution in [3.8, 4) is 0 Å². The van der Waals surface area contributed by atoms with Crippen LogP contribution < -0.4 is 4.72 Å². The second-order valence-corrected chi connectivity index (χ2v) is 5.38. The predicted octanol–water partition coefficient (Wildman–Crippen LogP) is 1.98. The Morgan fingerprint density at radius 2 is 2.38 bits per heavy atom. The minimum atomic E-state index is -3.60. The summed E-state index contributed by atoms with van der Waals surface area (Å²) >= 11 is 5.72. The second-order valence-electron chi connectivity index (χ2n) is 3.34. The molecule has 0 saturated carbocycles. The van der Waals surface area contributed by atoms with Crippen LogP contribution in [0.4, 0.5) is 0 Å². The molecular formula is C10H13ClN2O2S. The third-order valence-corrected chi connectivity index (χ3v) is 3.93. The Bertz CT molecular complexity index is 473. The summed E-state index contributed by atoms with van der Waals surface area (Å²) < 4.78 is 26.2. The first kappa shape index (κ1) is 13.2. The number of sulfonamides is 1. The first-order valence-corrected chi connectivity index (χ1v) is 6.57. The van der Waals surface area contributed by atoms with Crippen LogP contribution in [0.15, 0.2) is 35.9 Å². The van der Waals surface area contributed by atoms with Crippen LogP contribution in [0.25, 0.3) is 0 Å². The molecule has 1 unspecified atom stereocenters. The molecule has 1 aromatic rings. The highest BCUT2D eigenvalue weighted by molar-refractivity contribution is 7.89. The van der Waals surface area contributed by atoms with Gasteiger partial charge >= 0.3 is 0 Å². The molecule has 0 aliphatic heterocycles. The topological polar surface area (TPSA) is 59.1 Å². The standard InChI is InChI=1S/C10H13ClN2O2S/c1-3-5-8(2)13-16(14,15)9-6-4-7-12-10(9)11/h3-4,6-8,13H,1,5H2,2H3. The van der Waals surface area contributed by atoms with E-state index in [0.29, 0.717) is 6.42 Å². The molecule has 1 atom stereocenters. The SMILES string of the molecule is C=CCC(C)NS(=O)(=O)c1cccnc1Cl. The van der Waals surface area contributed by atoms with Crippen molar-refractivity contribution >= 4 is 21.6 Å². The molecule has 0 fully saturated rings. The summed E-state index contributed by atoms with van der Waals surface area (Å²) in [6, 6.07) is 2.72. The minimum Gasteiger partial charge on any atom is -0.243 e. The maximum atomic E-state index is 11.9. The van der Waals surface area contributed by atoms with Crippen LogP contribution in [0.2, 0.25) is 5.15 Å². The van der Waals surface area contributed by atoms with Crippen LogP contribution in [0.3, 0.4) is 0 Å². The molecule has 0 aliphatic rings. The van der Waals surface area contributed by atoms with Gasteiger partial charge in [0.05, 0.1) is 0 Å². The molecule has 1 N–H and O–H groups in total. The van der Waals surface area contributed by atoms with E-state index in [1.165, 1.54) is 18.3 Å². The van der Waals surface area contributed by atoms with Crippen molar-refractivity contribution in [3.05, 3.63) is 36.1 Å². The van der Waals surface area contributed by atoms with Crippen molar-refractivity contribution in [2.45, 2.75) is 24.3 Å². The molecule has 6 heteroatoms. The molecule has 0 aliphatic carbocycles. The Morgan fingerprint density at radius 1 is 1.69 bits per heavy atom. The van der Waals surface area contributed by atoms with Gasteiger partial charge in [-0.3, -0.25) is 0 Å². The van der Waals surface area contributed by atoms with Crippen LogP contribution in [-0.4, -0.2) is 19.4 Å². The van der Waals surface area contributed by atoms with E-state index in [4.69, 9.17) is 11.6 Å². The highest BCUT2D eigenvalue weighted by Crippen LogP contribution is 2.18. The Kier molecular flexibility index (Phi) is 4.46. The summed E-state index contributed by atoms with van der Waals surface area (Å²) in [5.74, 6) is 0. The Labute approximate surface area is 100 Å². The molecule has 16 heavy (non-hydrogen) atoms. The van der Waals surface area contributed by atoms with Crippen molar-refractivity contribution in [1.82, 2.24) is 9.71 Å². The molecule has 0 aromatic carbocycles. The lowest BCUT2D eigenvalue weighted by Crippen LogP contribution is -2.32. The van der Waals surface area contributed by atoms with E-state index in [1.54, 1.807) is 13.0 Å². The zero-order valence-corrected chi connectivity index (χ0v) is 10.4. The average Bonchev–Trinajstić information content (AvgIpc) is 2.17. The highest BCUT2D eigenvalue weighted by atomic mass is 35.5. The van der Waals surface area contributed by atoms with Crippen molar-refractivity contribution in [2.24, 2.45) is 0 Å². The fourth-order valence-electron chi connectivity index (χ4n) is 1.20. The van der Waals surface area contributed by atoms with Crippen molar-refractivity contribution in [3.63, 3.8) is 0 Å². The zero-order valence-electron chi connectivity index (χ0n) is 8.85. The lowest BCUT2D eigenvalue weighted by atomic mass is 10.3. The molecule has 0 saturated heterocycles. The van der Waals surface area contributed by atoms with Crippen LogP contribution in [-0.2, 0) is 10.0 Å². The fourth-order valence-corrected chi connectivity index (χ4v) is 2.91. The van der Waals surface area contributed by atoms with E-state index in [9.17, 15) is 8.42 Å². The first-order chi connectivity index (χ1) is 7.47. The smallest absolute Gasteiger partial charge is 0.243 e. The molecule has 1 aromatic heterocycles. The van der Waals surface area contributed by atoms with Crippen molar-refractivity contribution < 1.29 is 8.42 Å². The van der Waals surface area contributed by atoms with E-state index in [0.717, 1.165) is 0 Å². The van der Waals surface area contributed by atoms with Gasteiger partial charge in [0.2, 0.25) is 10.0 Å².